The molecule has 2 heterocycles. The van der Waals surface area contributed by atoms with Crippen molar-refractivity contribution >= 4 is 27.7 Å². The highest BCUT2D eigenvalue weighted by Crippen LogP contribution is 2.22. The molecule has 0 aliphatic carbocycles. The third-order valence-electron chi connectivity index (χ3n) is 5.06. The number of esters is 1. The first-order valence-electron chi connectivity index (χ1n) is 9.68. The van der Waals surface area contributed by atoms with Gasteiger partial charge >= 0.3 is 5.97 Å². The quantitative estimate of drug-likeness (QED) is 0.474. The van der Waals surface area contributed by atoms with Gasteiger partial charge in [0.15, 0.2) is 5.78 Å². The third-order valence-corrected chi connectivity index (χ3v) is 6.70. The molecule has 0 aromatic carbocycles. The summed E-state index contributed by atoms with van der Waals surface area (Å²) in [6, 6.07) is -0.182. The molecule has 2 N–H and O–H groups in total. The van der Waals surface area contributed by atoms with E-state index in [2.05, 4.69) is 9.71 Å². The largest absolute Gasteiger partial charge is 0.465 e. The Hall–Kier alpha value is -2.20. The van der Waals surface area contributed by atoms with Gasteiger partial charge in [-0.1, -0.05) is 6.92 Å². The molecule has 1 aromatic heterocycles. The number of nitrogens with zero attached hydrogens (tertiary/aromatic N) is 1. The van der Waals surface area contributed by atoms with E-state index in [-0.39, 0.29) is 41.2 Å². The maximum Gasteiger partial charge on any atom is 0.339 e. The maximum atomic E-state index is 12.7. The average molecular weight is 428 g/mol. The first kappa shape index (κ1) is 23.1. The number of aromatic nitrogens is 1. The van der Waals surface area contributed by atoms with Crippen molar-refractivity contribution < 1.29 is 27.5 Å². The molecule has 1 aromatic rings. The summed E-state index contributed by atoms with van der Waals surface area (Å²) in [5.74, 6) is -0.932. The molecule has 1 aliphatic heterocycles. The molecule has 2 rings (SSSR count). The van der Waals surface area contributed by atoms with Crippen LogP contribution < -0.4 is 4.72 Å². The number of amides is 1. The van der Waals surface area contributed by atoms with E-state index < -0.39 is 16.0 Å². The summed E-state index contributed by atoms with van der Waals surface area (Å²) in [6.07, 6.45) is 1.54. The number of ketones is 1. The number of aromatic amines is 1. The van der Waals surface area contributed by atoms with E-state index in [1.165, 1.54) is 14.0 Å². The van der Waals surface area contributed by atoms with Gasteiger partial charge in [-0.25, -0.2) is 17.9 Å². The molecular weight excluding hydrogens is 398 g/mol. The summed E-state index contributed by atoms with van der Waals surface area (Å²) in [6.45, 7) is 5.68. The van der Waals surface area contributed by atoms with Gasteiger partial charge in [0.1, 0.15) is 0 Å². The highest BCUT2D eigenvalue weighted by molar-refractivity contribution is 7.89. The lowest BCUT2D eigenvalue weighted by molar-refractivity contribution is -0.131. The minimum atomic E-state index is -3.29. The zero-order chi connectivity index (χ0) is 21.8. The van der Waals surface area contributed by atoms with E-state index in [0.717, 1.165) is 0 Å². The van der Waals surface area contributed by atoms with Crippen LogP contribution in [-0.4, -0.2) is 68.0 Å². The Bertz CT molecular complexity index is 882. The Morgan fingerprint density at radius 1 is 1.24 bits per heavy atom. The van der Waals surface area contributed by atoms with Crippen molar-refractivity contribution in [2.75, 3.05) is 26.0 Å². The normalized spacial score (nSPS) is 15.4. The van der Waals surface area contributed by atoms with Gasteiger partial charge in [-0.15, -0.1) is 0 Å². The number of piperidine rings is 1. The predicted octanol–water partition coefficient (Wildman–Crippen LogP) is 1.18. The number of H-pyrrole nitrogens is 1. The standard InChI is InChI=1S/C19H29N3O6S/c1-5-10-29(26,27)21-14-6-8-22(9-7-14)16(24)11-15-17(19(25)28-4)12(2)18(20-15)13(3)23/h14,20-21H,5-11H2,1-4H3. The smallest absolute Gasteiger partial charge is 0.339 e. The molecule has 9 nitrogen and oxygen atoms in total. The molecule has 0 atom stereocenters. The number of likely N-dealkylation sites (tertiary alicyclic amines) is 1. The van der Waals surface area contributed by atoms with Crippen LogP contribution in [0.15, 0.2) is 0 Å². The summed E-state index contributed by atoms with van der Waals surface area (Å²) in [4.78, 5) is 41.2. The van der Waals surface area contributed by atoms with Gasteiger partial charge in [0.2, 0.25) is 15.9 Å². The van der Waals surface area contributed by atoms with Crippen molar-refractivity contribution in [1.82, 2.24) is 14.6 Å². The monoisotopic (exact) mass is 427 g/mol. The fraction of sp³-hybridized carbons (Fsp3) is 0.632. The van der Waals surface area contributed by atoms with E-state index in [4.69, 9.17) is 4.74 Å². The number of nitrogens with one attached hydrogen (secondary N) is 2. The third kappa shape index (κ3) is 5.66. The molecule has 29 heavy (non-hydrogen) atoms. The molecule has 0 radical (unpaired) electrons. The molecule has 162 valence electrons. The summed E-state index contributed by atoms with van der Waals surface area (Å²) < 4.78 is 31.3. The van der Waals surface area contributed by atoms with E-state index >= 15 is 0 Å². The maximum absolute atomic E-state index is 12.7. The molecule has 10 heteroatoms. The zero-order valence-electron chi connectivity index (χ0n) is 17.3. The lowest BCUT2D eigenvalue weighted by Crippen LogP contribution is -2.47. The van der Waals surface area contributed by atoms with E-state index in [9.17, 15) is 22.8 Å². The van der Waals surface area contributed by atoms with Crippen LogP contribution in [0.2, 0.25) is 0 Å². The van der Waals surface area contributed by atoms with Gasteiger partial charge in [-0.05, 0) is 31.7 Å². The molecular formula is C19H29N3O6S. The molecule has 1 fully saturated rings. The highest BCUT2D eigenvalue weighted by atomic mass is 32.2. The molecule has 1 amide bonds. The lowest BCUT2D eigenvalue weighted by Gasteiger charge is -2.32. The summed E-state index contributed by atoms with van der Waals surface area (Å²) >= 11 is 0. The van der Waals surface area contributed by atoms with Crippen LogP contribution in [0.3, 0.4) is 0 Å². The fourth-order valence-electron chi connectivity index (χ4n) is 3.61. The van der Waals surface area contributed by atoms with Crippen LogP contribution in [0.1, 0.15) is 65.2 Å². The topological polar surface area (TPSA) is 126 Å². The molecule has 0 saturated carbocycles. The molecule has 1 saturated heterocycles. The zero-order valence-corrected chi connectivity index (χ0v) is 18.1. The van der Waals surface area contributed by atoms with Crippen molar-refractivity contribution in [2.24, 2.45) is 0 Å². The van der Waals surface area contributed by atoms with Crippen molar-refractivity contribution in [3.05, 3.63) is 22.5 Å². The van der Waals surface area contributed by atoms with Crippen LogP contribution in [0.25, 0.3) is 0 Å². The molecule has 0 unspecified atom stereocenters. The Labute approximate surface area is 171 Å². The fourth-order valence-corrected chi connectivity index (χ4v) is 5.01. The van der Waals surface area contributed by atoms with Gasteiger partial charge in [0.25, 0.3) is 0 Å². The van der Waals surface area contributed by atoms with E-state index in [0.29, 0.717) is 43.6 Å². The number of carbonyl (C=O) groups is 3. The number of methoxy groups -OCH3 is 1. The van der Waals surface area contributed by atoms with Crippen LogP contribution in [-0.2, 0) is 26.0 Å². The van der Waals surface area contributed by atoms with Crippen molar-refractivity contribution in [3.8, 4) is 0 Å². The summed E-state index contributed by atoms with van der Waals surface area (Å²) in [5, 5.41) is 0. The second-order valence-corrected chi connectivity index (χ2v) is 9.17. The first-order chi connectivity index (χ1) is 13.6. The van der Waals surface area contributed by atoms with Crippen LogP contribution in [0.5, 0.6) is 0 Å². The summed E-state index contributed by atoms with van der Waals surface area (Å²) in [7, 11) is -2.04. The van der Waals surface area contributed by atoms with Crippen molar-refractivity contribution in [3.63, 3.8) is 0 Å². The SMILES string of the molecule is CCCS(=O)(=O)NC1CCN(C(=O)Cc2[nH]c(C(C)=O)c(C)c2C(=O)OC)CC1. The van der Waals surface area contributed by atoms with Crippen molar-refractivity contribution in [2.45, 2.75) is 52.5 Å². The lowest BCUT2D eigenvalue weighted by atomic mass is 10.0. The number of Topliss-reactive ketones (excluding diaryl/α,β-unsaturated/α-hetero) is 1. The number of rotatable bonds is 8. The second kappa shape index (κ2) is 9.53. The Balaban J connectivity index is 2.06. The minimum Gasteiger partial charge on any atom is -0.465 e. The van der Waals surface area contributed by atoms with E-state index in [1.54, 1.807) is 11.8 Å². The van der Waals surface area contributed by atoms with Gasteiger partial charge < -0.3 is 14.6 Å². The average Bonchev–Trinajstić information content (AvgIpc) is 2.97. The van der Waals surface area contributed by atoms with E-state index in [1.807, 2.05) is 6.92 Å². The van der Waals surface area contributed by atoms with Crippen LogP contribution in [0.4, 0.5) is 0 Å². The molecule has 0 bridgehead atoms. The number of hydrogen-bond acceptors (Lipinski definition) is 6. The first-order valence-corrected chi connectivity index (χ1v) is 11.3. The Morgan fingerprint density at radius 2 is 1.86 bits per heavy atom. The number of hydrogen-bond donors (Lipinski definition) is 2. The van der Waals surface area contributed by atoms with Gasteiger partial charge in [0, 0.05) is 31.7 Å². The predicted molar refractivity (Wildman–Crippen MR) is 107 cm³/mol. The number of carbonyl (C=O) groups excluding carboxylic acids is 3. The van der Waals surface area contributed by atoms with Gasteiger partial charge in [0.05, 0.1) is 30.5 Å². The minimum absolute atomic E-state index is 0.0647. The van der Waals surface area contributed by atoms with Crippen molar-refractivity contribution in [1.29, 1.82) is 0 Å². The van der Waals surface area contributed by atoms with Gasteiger partial charge in [-0.2, -0.15) is 0 Å². The van der Waals surface area contributed by atoms with Crippen LogP contribution in [0, 0.1) is 6.92 Å². The number of sulfonamides is 1. The number of ether oxygens (including phenoxy) is 1. The molecule has 1 aliphatic rings. The Kier molecular flexibility index (Phi) is 7.59. The summed E-state index contributed by atoms with van der Waals surface area (Å²) in [5.41, 5.74) is 1.33. The second-order valence-electron chi connectivity index (χ2n) is 7.29. The highest BCUT2D eigenvalue weighted by Gasteiger charge is 2.29. The van der Waals surface area contributed by atoms with Crippen LogP contribution >= 0.6 is 0 Å². The van der Waals surface area contributed by atoms with Gasteiger partial charge in [-0.3, -0.25) is 9.59 Å². The molecule has 0 spiro atoms. The Morgan fingerprint density at radius 3 is 2.38 bits per heavy atom.